The van der Waals surface area contributed by atoms with Gasteiger partial charge < -0.3 is 10.1 Å². The summed E-state index contributed by atoms with van der Waals surface area (Å²) in [5, 5.41) is 12.0. The number of thioether (sulfide) groups is 2. The molecule has 0 unspecified atom stereocenters. The first-order valence-corrected chi connectivity index (χ1v) is 9.86. The number of carbonyl (C=O) groups is 2. The molecular formula is C18H15ClN2O3S2. The Balaban J connectivity index is 1.77. The highest BCUT2D eigenvalue weighted by Crippen LogP contribution is 2.26. The third-order valence-corrected chi connectivity index (χ3v) is 5.17. The highest BCUT2D eigenvalue weighted by Gasteiger charge is 2.10. The Kier molecular flexibility index (Phi) is 8.35. The van der Waals surface area contributed by atoms with Gasteiger partial charge in [-0.05, 0) is 36.4 Å². The van der Waals surface area contributed by atoms with Crippen LogP contribution in [0.5, 0.6) is 0 Å². The standard InChI is InChI=1S/C18H15ClN2O3S2/c19-13-5-7-14(8-6-13)26-12-18(23)24-11-17(22)21-15-3-1-2-4-16(15)25-10-9-20/h1-8H,10-12H2,(H,21,22). The Hall–Kier alpha value is -2.14. The fourth-order valence-electron chi connectivity index (χ4n) is 1.85. The largest absolute Gasteiger partial charge is 0.455 e. The number of hydrogen-bond acceptors (Lipinski definition) is 6. The number of para-hydroxylation sites is 1. The number of halogens is 1. The van der Waals surface area contributed by atoms with Crippen molar-refractivity contribution in [1.29, 1.82) is 5.26 Å². The fourth-order valence-corrected chi connectivity index (χ4v) is 3.34. The SMILES string of the molecule is N#CCSc1ccccc1NC(=O)COC(=O)CSc1ccc(Cl)cc1. The number of hydrogen-bond donors (Lipinski definition) is 1. The summed E-state index contributed by atoms with van der Waals surface area (Å²) in [6.45, 7) is -0.364. The van der Waals surface area contributed by atoms with Gasteiger partial charge in [0.2, 0.25) is 0 Å². The Labute approximate surface area is 165 Å². The second-order valence-electron chi connectivity index (χ2n) is 4.89. The number of nitrogens with one attached hydrogen (secondary N) is 1. The van der Waals surface area contributed by atoms with Crippen LogP contribution in [0.15, 0.2) is 58.3 Å². The summed E-state index contributed by atoms with van der Waals surface area (Å²) in [4.78, 5) is 25.4. The van der Waals surface area contributed by atoms with Crippen LogP contribution in [0.2, 0.25) is 5.02 Å². The molecule has 0 aromatic heterocycles. The molecule has 5 nitrogen and oxygen atoms in total. The molecule has 0 aliphatic heterocycles. The molecule has 0 fully saturated rings. The summed E-state index contributed by atoms with van der Waals surface area (Å²) >= 11 is 8.43. The summed E-state index contributed by atoms with van der Waals surface area (Å²) in [6, 6.07) is 16.3. The van der Waals surface area contributed by atoms with E-state index in [0.717, 1.165) is 9.79 Å². The number of benzene rings is 2. The van der Waals surface area contributed by atoms with E-state index in [1.165, 1.54) is 23.5 Å². The van der Waals surface area contributed by atoms with Gasteiger partial charge in [-0.15, -0.1) is 23.5 Å². The Morgan fingerprint density at radius 2 is 1.85 bits per heavy atom. The number of carbonyl (C=O) groups excluding carboxylic acids is 2. The maximum absolute atomic E-state index is 12.0. The van der Waals surface area contributed by atoms with E-state index in [1.54, 1.807) is 24.3 Å². The zero-order valence-electron chi connectivity index (χ0n) is 13.6. The molecule has 26 heavy (non-hydrogen) atoms. The van der Waals surface area contributed by atoms with Crippen LogP contribution < -0.4 is 5.32 Å². The molecule has 0 aliphatic carbocycles. The van der Waals surface area contributed by atoms with Crippen LogP contribution in [0.3, 0.4) is 0 Å². The normalized spacial score (nSPS) is 10.0. The van der Waals surface area contributed by atoms with Gasteiger partial charge in [-0.25, -0.2) is 0 Å². The first-order chi connectivity index (χ1) is 12.6. The van der Waals surface area contributed by atoms with Crippen LogP contribution in [0.4, 0.5) is 5.69 Å². The lowest BCUT2D eigenvalue weighted by Gasteiger charge is -2.10. The van der Waals surface area contributed by atoms with Crippen molar-refractivity contribution in [2.45, 2.75) is 9.79 Å². The van der Waals surface area contributed by atoms with E-state index in [4.69, 9.17) is 21.6 Å². The van der Waals surface area contributed by atoms with Crippen molar-refractivity contribution in [3.63, 3.8) is 0 Å². The van der Waals surface area contributed by atoms with Gasteiger partial charge in [0.1, 0.15) is 0 Å². The van der Waals surface area contributed by atoms with E-state index in [-0.39, 0.29) is 18.1 Å². The molecular weight excluding hydrogens is 392 g/mol. The van der Waals surface area contributed by atoms with E-state index in [1.807, 2.05) is 30.3 Å². The maximum atomic E-state index is 12.0. The van der Waals surface area contributed by atoms with Crippen molar-refractivity contribution in [3.8, 4) is 6.07 Å². The first-order valence-electron chi connectivity index (χ1n) is 7.51. The minimum atomic E-state index is -0.479. The number of esters is 1. The first kappa shape index (κ1) is 20.2. The van der Waals surface area contributed by atoms with Gasteiger partial charge in [-0.1, -0.05) is 23.7 Å². The molecule has 0 bridgehead atoms. The quantitative estimate of drug-likeness (QED) is 0.522. The molecule has 0 heterocycles. The molecule has 0 spiro atoms. The van der Waals surface area contributed by atoms with E-state index in [0.29, 0.717) is 10.7 Å². The Bertz CT molecular complexity index is 807. The van der Waals surface area contributed by atoms with Crippen molar-refractivity contribution in [1.82, 2.24) is 0 Å². The number of nitrogens with zero attached hydrogens (tertiary/aromatic N) is 1. The summed E-state index contributed by atoms with van der Waals surface area (Å²) < 4.78 is 4.99. The smallest absolute Gasteiger partial charge is 0.316 e. The number of amides is 1. The number of ether oxygens (including phenoxy) is 1. The van der Waals surface area contributed by atoms with Crippen molar-refractivity contribution in [2.24, 2.45) is 0 Å². The molecule has 2 aromatic rings. The molecule has 1 N–H and O–H groups in total. The van der Waals surface area contributed by atoms with Crippen LogP contribution in [0.1, 0.15) is 0 Å². The van der Waals surface area contributed by atoms with Crippen molar-refractivity contribution in [2.75, 3.05) is 23.4 Å². The van der Waals surface area contributed by atoms with Gasteiger partial charge in [0, 0.05) is 14.8 Å². The molecule has 2 rings (SSSR count). The van der Waals surface area contributed by atoms with Crippen molar-refractivity contribution in [3.05, 3.63) is 53.6 Å². The molecule has 1 amide bonds. The zero-order chi connectivity index (χ0) is 18.8. The van der Waals surface area contributed by atoms with Crippen molar-refractivity contribution >= 4 is 52.7 Å². The summed E-state index contributed by atoms with van der Waals surface area (Å²) in [5.41, 5.74) is 0.587. The van der Waals surface area contributed by atoms with E-state index < -0.39 is 11.9 Å². The summed E-state index contributed by atoms with van der Waals surface area (Å²) in [5.74, 6) is -0.528. The van der Waals surface area contributed by atoms with E-state index in [9.17, 15) is 9.59 Å². The summed E-state index contributed by atoms with van der Waals surface area (Å²) in [7, 11) is 0. The Morgan fingerprint density at radius 1 is 1.12 bits per heavy atom. The maximum Gasteiger partial charge on any atom is 0.316 e. The van der Waals surface area contributed by atoms with E-state index in [2.05, 4.69) is 5.32 Å². The third-order valence-electron chi connectivity index (χ3n) is 2.99. The number of rotatable bonds is 8. The van der Waals surface area contributed by atoms with E-state index >= 15 is 0 Å². The second-order valence-corrected chi connectivity index (χ2v) is 7.40. The van der Waals surface area contributed by atoms with Gasteiger partial charge in [0.15, 0.2) is 6.61 Å². The van der Waals surface area contributed by atoms with Crippen LogP contribution in [0.25, 0.3) is 0 Å². The predicted molar refractivity (Wildman–Crippen MR) is 105 cm³/mol. The van der Waals surface area contributed by atoms with Gasteiger partial charge in [0.25, 0.3) is 5.91 Å². The topological polar surface area (TPSA) is 79.2 Å². The minimum Gasteiger partial charge on any atom is -0.455 e. The zero-order valence-corrected chi connectivity index (χ0v) is 16.0. The fraction of sp³-hybridized carbons (Fsp3) is 0.167. The number of anilines is 1. The van der Waals surface area contributed by atoms with Crippen molar-refractivity contribution < 1.29 is 14.3 Å². The van der Waals surface area contributed by atoms with Gasteiger partial charge in [-0.2, -0.15) is 5.26 Å². The molecule has 0 atom stereocenters. The monoisotopic (exact) mass is 406 g/mol. The number of nitriles is 1. The van der Waals surface area contributed by atoms with Gasteiger partial charge >= 0.3 is 5.97 Å². The van der Waals surface area contributed by atoms with Gasteiger partial charge in [0.05, 0.1) is 23.3 Å². The molecule has 8 heteroatoms. The molecule has 2 aromatic carbocycles. The van der Waals surface area contributed by atoms with Crippen LogP contribution in [-0.2, 0) is 14.3 Å². The molecule has 0 aliphatic rings. The van der Waals surface area contributed by atoms with Crippen LogP contribution in [0, 0.1) is 11.3 Å². The lowest BCUT2D eigenvalue weighted by atomic mass is 10.3. The lowest BCUT2D eigenvalue weighted by Crippen LogP contribution is -2.21. The molecule has 0 saturated heterocycles. The highest BCUT2D eigenvalue weighted by molar-refractivity contribution is 8.00. The summed E-state index contributed by atoms with van der Waals surface area (Å²) in [6.07, 6.45) is 0. The Morgan fingerprint density at radius 3 is 2.58 bits per heavy atom. The molecule has 134 valence electrons. The molecule has 0 saturated carbocycles. The van der Waals surface area contributed by atoms with Crippen LogP contribution in [-0.4, -0.2) is 30.0 Å². The van der Waals surface area contributed by atoms with Crippen LogP contribution >= 0.6 is 35.1 Å². The van der Waals surface area contributed by atoms with Gasteiger partial charge in [-0.3, -0.25) is 9.59 Å². The average Bonchev–Trinajstić information content (AvgIpc) is 2.65. The average molecular weight is 407 g/mol. The minimum absolute atomic E-state index is 0.101. The highest BCUT2D eigenvalue weighted by atomic mass is 35.5. The predicted octanol–water partition coefficient (Wildman–Crippen LogP) is 4.23. The second kappa shape index (κ2) is 10.8. The lowest BCUT2D eigenvalue weighted by molar-refractivity contribution is -0.144. The molecule has 0 radical (unpaired) electrons. The third kappa shape index (κ3) is 7.00.